The summed E-state index contributed by atoms with van der Waals surface area (Å²) in [6.45, 7) is 2.08. The van der Waals surface area contributed by atoms with E-state index in [1.807, 2.05) is 36.4 Å². The highest BCUT2D eigenvalue weighted by atomic mass is 16.6. The highest BCUT2D eigenvalue weighted by molar-refractivity contribution is 5.82. The maximum absolute atomic E-state index is 12.1. The molecule has 2 aromatic carbocycles. The highest BCUT2D eigenvalue weighted by Crippen LogP contribution is 2.22. The van der Waals surface area contributed by atoms with Crippen LogP contribution in [0.15, 0.2) is 48.5 Å². The van der Waals surface area contributed by atoms with E-state index in [4.69, 9.17) is 0 Å². The fraction of sp³-hybridized carbons (Fsp3) is 0.235. The van der Waals surface area contributed by atoms with Crippen molar-refractivity contribution in [1.29, 1.82) is 0 Å². The second-order valence-electron chi connectivity index (χ2n) is 5.16. The van der Waals surface area contributed by atoms with Crippen molar-refractivity contribution in [2.45, 2.75) is 19.5 Å². The Bertz CT molecular complexity index is 701. The van der Waals surface area contributed by atoms with Crippen LogP contribution < -0.4 is 10.6 Å². The Morgan fingerprint density at radius 1 is 1.17 bits per heavy atom. The maximum Gasteiger partial charge on any atom is 0.272 e. The van der Waals surface area contributed by atoms with Crippen molar-refractivity contribution in [2.24, 2.45) is 0 Å². The van der Waals surface area contributed by atoms with Gasteiger partial charge in [0.15, 0.2) is 0 Å². The lowest BCUT2D eigenvalue weighted by Gasteiger charge is -2.18. The van der Waals surface area contributed by atoms with Crippen molar-refractivity contribution in [3.05, 3.63) is 75.3 Å². The minimum absolute atomic E-state index is 0.0838. The van der Waals surface area contributed by atoms with Crippen molar-refractivity contribution in [3.63, 3.8) is 0 Å². The van der Waals surface area contributed by atoms with Crippen molar-refractivity contribution < 1.29 is 9.72 Å². The summed E-state index contributed by atoms with van der Waals surface area (Å²) in [5.74, 6) is -0.153. The Balaban J connectivity index is 2.21. The van der Waals surface area contributed by atoms with Gasteiger partial charge in [0.2, 0.25) is 5.91 Å². The first-order valence-corrected chi connectivity index (χ1v) is 7.27. The normalized spacial score (nSPS) is 11.7. The molecular formula is C17H19N3O3. The van der Waals surface area contributed by atoms with Crippen LogP contribution in [0.5, 0.6) is 0 Å². The number of carbonyl (C=O) groups excluding carboxylic acids is 1. The first kappa shape index (κ1) is 16.6. The molecule has 0 aliphatic carbocycles. The second kappa shape index (κ2) is 7.51. The molecule has 0 radical (unpaired) electrons. The highest BCUT2D eigenvalue weighted by Gasteiger charge is 2.20. The summed E-state index contributed by atoms with van der Waals surface area (Å²) >= 11 is 0. The molecule has 0 spiro atoms. The Labute approximate surface area is 134 Å². The molecule has 0 aliphatic heterocycles. The number of hydrogen-bond donors (Lipinski definition) is 2. The Morgan fingerprint density at radius 2 is 1.87 bits per heavy atom. The van der Waals surface area contributed by atoms with Crippen molar-refractivity contribution >= 4 is 11.6 Å². The van der Waals surface area contributed by atoms with Gasteiger partial charge in [-0.05, 0) is 18.1 Å². The van der Waals surface area contributed by atoms with Gasteiger partial charge < -0.3 is 5.32 Å². The summed E-state index contributed by atoms with van der Waals surface area (Å²) < 4.78 is 0. The van der Waals surface area contributed by atoms with Crippen molar-refractivity contribution in [2.75, 3.05) is 7.05 Å². The Morgan fingerprint density at radius 3 is 2.48 bits per heavy atom. The Kier molecular flexibility index (Phi) is 5.43. The minimum atomic E-state index is -0.514. The molecule has 120 valence electrons. The van der Waals surface area contributed by atoms with Crippen LogP contribution >= 0.6 is 0 Å². The third-order valence-corrected chi connectivity index (χ3v) is 3.75. The lowest BCUT2D eigenvalue weighted by atomic mass is 10.0. The first-order valence-electron chi connectivity index (χ1n) is 7.27. The second-order valence-corrected chi connectivity index (χ2v) is 5.16. The zero-order valence-corrected chi connectivity index (χ0v) is 13.1. The average Bonchev–Trinajstić information content (AvgIpc) is 2.56. The van der Waals surface area contributed by atoms with Crippen LogP contribution in [0.2, 0.25) is 0 Å². The molecule has 0 unspecified atom stereocenters. The molecule has 6 heteroatoms. The molecule has 0 aliphatic rings. The van der Waals surface area contributed by atoms with Gasteiger partial charge in [0, 0.05) is 25.2 Å². The smallest absolute Gasteiger partial charge is 0.272 e. The molecule has 0 heterocycles. The topological polar surface area (TPSA) is 84.3 Å². The number of hydrogen-bond acceptors (Lipinski definition) is 4. The molecule has 6 nitrogen and oxygen atoms in total. The van der Waals surface area contributed by atoms with Gasteiger partial charge in [-0.25, -0.2) is 0 Å². The van der Waals surface area contributed by atoms with Gasteiger partial charge in [0.25, 0.3) is 5.69 Å². The number of nitro benzene ring substituents is 1. The van der Waals surface area contributed by atoms with E-state index < -0.39 is 11.0 Å². The summed E-state index contributed by atoms with van der Waals surface area (Å²) in [6.07, 6.45) is 0. The largest absolute Gasteiger partial charge is 0.358 e. The molecule has 2 aromatic rings. The van der Waals surface area contributed by atoms with Gasteiger partial charge in [0.05, 0.1) is 4.92 Å². The van der Waals surface area contributed by atoms with Crippen LogP contribution in [0, 0.1) is 17.0 Å². The van der Waals surface area contributed by atoms with Crippen LogP contribution in [-0.4, -0.2) is 17.9 Å². The number of amides is 1. The molecule has 0 fully saturated rings. The number of rotatable bonds is 6. The maximum atomic E-state index is 12.1. The monoisotopic (exact) mass is 313 g/mol. The van der Waals surface area contributed by atoms with Crippen LogP contribution in [0.3, 0.4) is 0 Å². The van der Waals surface area contributed by atoms with Crippen LogP contribution in [0.4, 0.5) is 5.69 Å². The third kappa shape index (κ3) is 3.92. The molecule has 0 saturated carbocycles. The van der Waals surface area contributed by atoms with E-state index in [0.717, 1.165) is 11.1 Å². The lowest BCUT2D eigenvalue weighted by molar-refractivity contribution is -0.385. The number of likely N-dealkylation sites (N-methyl/N-ethyl adjacent to an activating group) is 1. The van der Waals surface area contributed by atoms with E-state index in [9.17, 15) is 14.9 Å². The number of benzene rings is 2. The summed E-state index contributed by atoms with van der Waals surface area (Å²) in [6, 6.07) is 13.8. The molecule has 1 atom stereocenters. The minimum Gasteiger partial charge on any atom is -0.358 e. The fourth-order valence-electron chi connectivity index (χ4n) is 2.42. The average molecular weight is 313 g/mol. The fourth-order valence-corrected chi connectivity index (χ4v) is 2.42. The Hall–Kier alpha value is -2.73. The van der Waals surface area contributed by atoms with Gasteiger partial charge in [-0.1, -0.05) is 42.5 Å². The summed E-state index contributed by atoms with van der Waals surface area (Å²) in [4.78, 5) is 22.7. The van der Waals surface area contributed by atoms with Gasteiger partial charge in [-0.2, -0.15) is 0 Å². The predicted octanol–water partition coefficient (Wildman–Crippen LogP) is 2.48. The SMILES string of the molecule is CNC(=O)[C@@H](NCc1cccc([N+](=O)[O-])c1C)c1ccccc1. The number of nitro groups is 1. The van der Waals surface area contributed by atoms with E-state index >= 15 is 0 Å². The molecule has 0 aromatic heterocycles. The number of nitrogens with one attached hydrogen (secondary N) is 2. The van der Waals surface area contributed by atoms with Gasteiger partial charge >= 0.3 is 0 Å². The molecular weight excluding hydrogens is 294 g/mol. The third-order valence-electron chi connectivity index (χ3n) is 3.75. The summed E-state index contributed by atoms with van der Waals surface area (Å²) in [5.41, 5.74) is 2.33. The number of carbonyl (C=O) groups is 1. The molecule has 2 rings (SSSR count). The van der Waals surface area contributed by atoms with E-state index in [0.29, 0.717) is 12.1 Å². The van der Waals surface area contributed by atoms with Crippen molar-refractivity contribution in [3.8, 4) is 0 Å². The van der Waals surface area contributed by atoms with E-state index in [1.165, 1.54) is 6.07 Å². The molecule has 23 heavy (non-hydrogen) atoms. The molecule has 1 amide bonds. The first-order chi connectivity index (χ1) is 11.0. The van der Waals surface area contributed by atoms with E-state index in [2.05, 4.69) is 10.6 Å². The molecule has 2 N–H and O–H groups in total. The van der Waals surface area contributed by atoms with E-state index in [-0.39, 0.29) is 11.6 Å². The van der Waals surface area contributed by atoms with E-state index in [1.54, 1.807) is 20.0 Å². The summed E-state index contributed by atoms with van der Waals surface area (Å²) in [5, 5.41) is 16.8. The van der Waals surface area contributed by atoms with Crippen LogP contribution in [0.1, 0.15) is 22.7 Å². The lowest BCUT2D eigenvalue weighted by Crippen LogP contribution is -2.35. The zero-order chi connectivity index (χ0) is 16.8. The van der Waals surface area contributed by atoms with Gasteiger partial charge in [-0.15, -0.1) is 0 Å². The molecule has 0 saturated heterocycles. The standard InChI is InChI=1S/C17H19N3O3/c1-12-14(9-6-10-15(12)20(22)23)11-19-16(17(21)18-2)13-7-4-3-5-8-13/h3-10,16,19H,11H2,1-2H3,(H,18,21)/t16-/m0/s1. The predicted molar refractivity (Wildman–Crippen MR) is 87.9 cm³/mol. The number of nitrogens with zero attached hydrogens (tertiary/aromatic N) is 1. The van der Waals surface area contributed by atoms with Crippen molar-refractivity contribution in [1.82, 2.24) is 10.6 Å². The van der Waals surface area contributed by atoms with Crippen LogP contribution in [0.25, 0.3) is 0 Å². The van der Waals surface area contributed by atoms with Gasteiger partial charge in [0.1, 0.15) is 6.04 Å². The summed E-state index contributed by atoms with van der Waals surface area (Å²) in [7, 11) is 1.58. The zero-order valence-electron chi connectivity index (χ0n) is 13.1. The molecule has 0 bridgehead atoms. The van der Waals surface area contributed by atoms with Gasteiger partial charge in [-0.3, -0.25) is 20.2 Å². The quantitative estimate of drug-likeness (QED) is 0.634. The van der Waals surface area contributed by atoms with Crippen LogP contribution in [-0.2, 0) is 11.3 Å².